The molecule has 0 aliphatic heterocycles. The fourth-order valence-electron chi connectivity index (χ4n) is 2.44. The van der Waals surface area contributed by atoms with E-state index in [4.69, 9.17) is 4.74 Å². The molecule has 2 rings (SSSR count). The highest BCUT2D eigenvalue weighted by atomic mass is 79.9. The van der Waals surface area contributed by atoms with Gasteiger partial charge < -0.3 is 4.74 Å². The number of carbonyl (C=O) groups excluding carboxylic acids is 1. The van der Waals surface area contributed by atoms with Crippen molar-refractivity contribution in [3.63, 3.8) is 0 Å². The van der Waals surface area contributed by atoms with Crippen molar-refractivity contribution in [1.29, 1.82) is 0 Å². The van der Waals surface area contributed by atoms with Crippen LogP contribution in [-0.2, 0) is 4.74 Å². The summed E-state index contributed by atoms with van der Waals surface area (Å²) in [5.41, 5.74) is 0.626. The lowest BCUT2D eigenvalue weighted by Gasteiger charge is -2.25. The third kappa shape index (κ3) is 3.84. The first kappa shape index (κ1) is 13.6. The predicted molar refractivity (Wildman–Crippen MR) is 76.0 cm³/mol. The zero-order chi connectivity index (χ0) is 12.8. The van der Waals surface area contributed by atoms with Crippen LogP contribution in [0.15, 0.2) is 30.3 Å². The molecule has 0 radical (unpaired) electrons. The molecular formula is C15H19BrO2. The summed E-state index contributed by atoms with van der Waals surface area (Å²) in [6, 6.07) is 9.16. The Morgan fingerprint density at radius 2 is 1.89 bits per heavy atom. The second kappa shape index (κ2) is 6.93. The number of alkyl halides is 1. The molecule has 1 atom stereocenters. The molecule has 0 spiro atoms. The Kier molecular flexibility index (Phi) is 5.24. The van der Waals surface area contributed by atoms with Crippen LogP contribution < -0.4 is 0 Å². The van der Waals surface area contributed by atoms with Crippen molar-refractivity contribution in [1.82, 2.24) is 0 Å². The standard InChI is InChI=1S/C15H19BrO2/c16-14(12-7-3-1-4-8-12)11-18-15(17)13-9-5-2-6-10-13/h2,5-6,9-10,12,14H,1,3-4,7-8,11H2. The molecule has 1 fully saturated rings. The zero-order valence-electron chi connectivity index (χ0n) is 10.5. The highest BCUT2D eigenvalue weighted by Gasteiger charge is 2.22. The van der Waals surface area contributed by atoms with Crippen molar-refractivity contribution < 1.29 is 9.53 Å². The molecule has 3 heteroatoms. The van der Waals surface area contributed by atoms with Gasteiger partial charge in [0.15, 0.2) is 0 Å². The summed E-state index contributed by atoms with van der Waals surface area (Å²) in [6.45, 7) is 0.471. The fourth-order valence-corrected chi connectivity index (χ4v) is 3.11. The quantitative estimate of drug-likeness (QED) is 0.616. The van der Waals surface area contributed by atoms with Crippen molar-refractivity contribution in [2.24, 2.45) is 5.92 Å². The monoisotopic (exact) mass is 310 g/mol. The van der Waals surface area contributed by atoms with Gasteiger partial charge in [-0.1, -0.05) is 53.4 Å². The minimum atomic E-state index is -0.226. The van der Waals surface area contributed by atoms with Gasteiger partial charge in [0, 0.05) is 0 Å². The molecule has 1 aliphatic carbocycles. The number of benzene rings is 1. The highest BCUT2D eigenvalue weighted by molar-refractivity contribution is 9.09. The smallest absolute Gasteiger partial charge is 0.338 e. The van der Waals surface area contributed by atoms with Gasteiger partial charge in [0.25, 0.3) is 0 Å². The summed E-state index contributed by atoms with van der Waals surface area (Å²) in [7, 11) is 0. The summed E-state index contributed by atoms with van der Waals surface area (Å²) in [5, 5.41) is 0. The number of hydrogen-bond acceptors (Lipinski definition) is 2. The Balaban J connectivity index is 1.78. The zero-order valence-corrected chi connectivity index (χ0v) is 12.1. The van der Waals surface area contributed by atoms with E-state index in [0.717, 1.165) is 0 Å². The molecule has 1 aromatic carbocycles. The molecular weight excluding hydrogens is 292 g/mol. The minimum Gasteiger partial charge on any atom is -0.461 e. The molecule has 0 saturated heterocycles. The molecule has 1 saturated carbocycles. The number of carbonyl (C=O) groups is 1. The maximum atomic E-state index is 11.8. The molecule has 18 heavy (non-hydrogen) atoms. The third-order valence-electron chi connectivity index (χ3n) is 3.54. The lowest BCUT2D eigenvalue weighted by atomic mass is 9.87. The van der Waals surface area contributed by atoms with Gasteiger partial charge in [-0.25, -0.2) is 4.79 Å². The van der Waals surface area contributed by atoms with Crippen LogP contribution >= 0.6 is 15.9 Å². The van der Waals surface area contributed by atoms with Crippen LogP contribution in [0.1, 0.15) is 42.5 Å². The van der Waals surface area contributed by atoms with E-state index >= 15 is 0 Å². The molecule has 0 heterocycles. The Labute approximate surface area is 117 Å². The molecule has 1 aromatic rings. The normalized spacial score (nSPS) is 18.3. The van der Waals surface area contributed by atoms with Crippen LogP contribution in [-0.4, -0.2) is 17.4 Å². The second-order valence-corrected chi connectivity index (χ2v) is 6.05. The number of hydrogen-bond donors (Lipinski definition) is 0. The van der Waals surface area contributed by atoms with E-state index in [-0.39, 0.29) is 5.97 Å². The maximum absolute atomic E-state index is 11.8. The van der Waals surface area contributed by atoms with Crippen molar-refractivity contribution in [3.05, 3.63) is 35.9 Å². The van der Waals surface area contributed by atoms with Crippen LogP contribution in [0.3, 0.4) is 0 Å². The summed E-state index contributed by atoms with van der Waals surface area (Å²) in [6.07, 6.45) is 6.45. The average Bonchev–Trinajstić information content (AvgIpc) is 2.46. The molecule has 0 N–H and O–H groups in total. The van der Waals surface area contributed by atoms with Crippen LogP contribution in [0.5, 0.6) is 0 Å². The number of rotatable bonds is 4. The summed E-state index contributed by atoms with van der Waals surface area (Å²) < 4.78 is 5.36. The van der Waals surface area contributed by atoms with Gasteiger partial charge in [-0.15, -0.1) is 0 Å². The maximum Gasteiger partial charge on any atom is 0.338 e. The SMILES string of the molecule is O=C(OCC(Br)C1CCCCC1)c1ccccc1. The van der Waals surface area contributed by atoms with Crippen molar-refractivity contribution in [2.45, 2.75) is 36.9 Å². The van der Waals surface area contributed by atoms with Crippen LogP contribution in [0.25, 0.3) is 0 Å². The van der Waals surface area contributed by atoms with Crippen molar-refractivity contribution in [3.8, 4) is 0 Å². The van der Waals surface area contributed by atoms with E-state index in [9.17, 15) is 4.79 Å². The van der Waals surface area contributed by atoms with E-state index in [1.54, 1.807) is 12.1 Å². The van der Waals surface area contributed by atoms with Crippen molar-refractivity contribution in [2.75, 3.05) is 6.61 Å². The van der Waals surface area contributed by atoms with E-state index in [1.807, 2.05) is 18.2 Å². The fraction of sp³-hybridized carbons (Fsp3) is 0.533. The Bertz CT molecular complexity index is 371. The molecule has 98 valence electrons. The molecule has 2 nitrogen and oxygen atoms in total. The number of ether oxygens (including phenoxy) is 1. The van der Waals surface area contributed by atoms with Crippen LogP contribution in [0.2, 0.25) is 0 Å². The lowest BCUT2D eigenvalue weighted by molar-refractivity contribution is 0.0486. The Morgan fingerprint density at radius 3 is 2.56 bits per heavy atom. The first-order valence-corrected chi connectivity index (χ1v) is 7.55. The lowest BCUT2D eigenvalue weighted by Crippen LogP contribution is -2.24. The molecule has 0 bridgehead atoms. The Morgan fingerprint density at radius 1 is 1.22 bits per heavy atom. The topological polar surface area (TPSA) is 26.3 Å². The summed E-state index contributed by atoms with van der Waals surface area (Å²) in [5.74, 6) is 0.429. The van der Waals surface area contributed by atoms with E-state index in [2.05, 4.69) is 15.9 Å². The molecule has 1 unspecified atom stereocenters. The highest BCUT2D eigenvalue weighted by Crippen LogP contribution is 2.30. The Hall–Kier alpha value is -0.830. The van der Waals surface area contributed by atoms with Gasteiger partial charge in [0.05, 0.1) is 10.4 Å². The minimum absolute atomic E-state index is 0.226. The first-order valence-electron chi connectivity index (χ1n) is 6.63. The van der Waals surface area contributed by atoms with E-state index in [1.165, 1.54) is 32.1 Å². The summed E-state index contributed by atoms with van der Waals surface area (Å²) >= 11 is 3.66. The predicted octanol–water partition coefficient (Wildman–Crippen LogP) is 4.19. The van der Waals surface area contributed by atoms with Gasteiger partial charge in [0.2, 0.25) is 0 Å². The van der Waals surface area contributed by atoms with Gasteiger partial charge in [0.1, 0.15) is 6.61 Å². The third-order valence-corrected chi connectivity index (χ3v) is 4.56. The van der Waals surface area contributed by atoms with Crippen LogP contribution in [0.4, 0.5) is 0 Å². The largest absolute Gasteiger partial charge is 0.461 e. The molecule has 0 amide bonds. The number of halogens is 1. The first-order chi connectivity index (χ1) is 8.77. The van der Waals surface area contributed by atoms with Gasteiger partial charge in [-0.3, -0.25) is 0 Å². The van der Waals surface area contributed by atoms with Gasteiger partial charge in [-0.05, 0) is 30.9 Å². The second-order valence-electron chi connectivity index (χ2n) is 4.88. The average molecular weight is 311 g/mol. The van der Waals surface area contributed by atoms with Crippen molar-refractivity contribution >= 4 is 21.9 Å². The summed E-state index contributed by atoms with van der Waals surface area (Å²) in [4.78, 5) is 12.1. The van der Waals surface area contributed by atoms with Crippen LogP contribution in [0, 0.1) is 5.92 Å². The van der Waals surface area contributed by atoms with E-state index < -0.39 is 0 Å². The van der Waals surface area contributed by atoms with E-state index in [0.29, 0.717) is 22.9 Å². The van der Waals surface area contributed by atoms with Gasteiger partial charge in [-0.2, -0.15) is 0 Å². The molecule has 1 aliphatic rings. The number of esters is 1. The van der Waals surface area contributed by atoms with Gasteiger partial charge >= 0.3 is 5.97 Å². The molecule has 0 aromatic heterocycles.